The number of carboxylic acids is 2. The van der Waals surface area contributed by atoms with Gasteiger partial charge in [-0.05, 0) is 101 Å². The molecule has 0 aromatic carbocycles. The van der Waals surface area contributed by atoms with Gasteiger partial charge in [-0.1, -0.05) is 145 Å². The molecule has 0 aromatic rings. The van der Waals surface area contributed by atoms with E-state index in [4.69, 9.17) is 9.47 Å². The summed E-state index contributed by atoms with van der Waals surface area (Å²) in [5.41, 5.74) is -1.45. The van der Waals surface area contributed by atoms with Crippen molar-refractivity contribution < 1.29 is 38.9 Å². The van der Waals surface area contributed by atoms with E-state index in [0.717, 1.165) is 103 Å². The quantitative estimate of drug-likeness (QED) is 0.0750. The van der Waals surface area contributed by atoms with Crippen LogP contribution in [0.15, 0.2) is 0 Å². The second kappa shape index (κ2) is 29.1. The number of hydrogen-bond donors (Lipinski definition) is 2. The zero-order valence-corrected chi connectivity index (χ0v) is 37.6. The number of carboxylic acid groups (broad SMARTS) is 2. The lowest BCUT2D eigenvalue weighted by Gasteiger charge is -2.44. The van der Waals surface area contributed by atoms with E-state index >= 15 is 0 Å². The largest absolute Gasteiger partial charge is 0.481 e. The molecule has 0 heterocycles. The van der Waals surface area contributed by atoms with E-state index in [1.165, 1.54) is 25.7 Å². The van der Waals surface area contributed by atoms with Crippen LogP contribution in [0.1, 0.15) is 222 Å². The highest BCUT2D eigenvalue weighted by atomic mass is 16.5. The number of unbranched alkanes of at least 4 members (excludes halogenated alkanes) is 4. The fourth-order valence-electron chi connectivity index (χ4n) is 9.21. The second-order valence-corrected chi connectivity index (χ2v) is 18.1. The first-order valence-electron chi connectivity index (χ1n) is 23.6. The van der Waals surface area contributed by atoms with Crippen molar-refractivity contribution in [3.8, 4) is 0 Å². The van der Waals surface area contributed by atoms with Gasteiger partial charge in [0, 0.05) is 0 Å². The van der Waals surface area contributed by atoms with Crippen molar-refractivity contribution in [2.45, 2.75) is 222 Å². The zero-order chi connectivity index (χ0) is 42.0. The molecule has 0 radical (unpaired) electrons. The maximum absolute atomic E-state index is 12.4. The van der Waals surface area contributed by atoms with Crippen LogP contribution in [-0.4, -0.2) is 47.3 Å². The maximum Gasteiger partial charge on any atom is 0.309 e. The van der Waals surface area contributed by atoms with Crippen molar-refractivity contribution in [1.29, 1.82) is 0 Å². The van der Waals surface area contributed by atoms with Crippen molar-refractivity contribution in [1.82, 2.24) is 0 Å². The molecular formula is C48H88O8. The first-order valence-corrected chi connectivity index (χ1v) is 23.6. The molecule has 2 aliphatic carbocycles. The highest BCUT2D eigenvalue weighted by Gasteiger charge is 2.51. The Balaban J connectivity index is 0.000000560. The first-order chi connectivity index (χ1) is 26.8. The van der Waals surface area contributed by atoms with Gasteiger partial charge in [0.2, 0.25) is 0 Å². The van der Waals surface area contributed by atoms with Crippen LogP contribution in [-0.2, 0) is 28.7 Å². The normalized spacial score (nSPS) is 24.5. The van der Waals surface area contributed by atoms with E-state index < -0.39 is 22.8 Å². The number of carbonyl (C=O) groups excluding carboxylic acids is 2. The second-order valence-electron chi connectivity index (χ2n) is 18.1. The van der Waals surface area contributed by atoms with Gasteiger partial charge in [-0.15, -0.1) is 0 Å². The Morgan fingerprint density at radius 2 is 0.750 bits per heavy atom. The maximum atomic E-state index is 12.4. The van der Waals surface area contributed by atoms with Crippen LogP contribution in [0.5, 0.6) is 0 Å². The summed E-state index contributed by atoms with van der Waals surface area (Å²) in [6.45, 7) is 18.5. The van der Waals surface area contributed by atoms with Crippen molar-refractivity contribution in [2.24, 2.45) is 46.3 Å². The van der Waals surface area contributed by atoms with Crippen LogP contribution in [0.2, 0.25) is 0 Å². The molecule has 8 nitrogen and oxygen atoms in total. The van der Waals surface area contributed by atoms with Gasteiger partial charge in [-0.2, -0.15) is 0 Å². The van der Waals surface area contributed by atoms with Gasteiger partial charge in [0.15, 0.2) is 0 Å². The summed E-state index contributed by atoms with van der Waals surface area (Å²) in [6, 6.07) is 0. The molecule has 0 aromatic heterocycles. The highest BCUT2D eigenvalue weighted by molar-refractivity contribution is 5.78. The molecule has 2 saturated carbocycles. The number of carbonyl (C=O) groups is 4. The Morgan fingerprint density at radius 1 is 0.482 bits per heavy atom. The van der Waals surface area contributed by atoms with E-state index in [1.54, 1.807) is 0 Å². The lowest BCUT2D eigenvalue weighted by atomic mass is 9.58. The summed E-state index contributed by atoms with van der Waals surface area (Å²) < 4.78 is 11.2. The molecule has 56 heavy (non-hydrogen) atoms. The molecule has 2 aliphatic rings. The third-order valence-electron chi connectivity index (χ3n) is 13.9. The minimum absolute atomic E-state index is 0.0410. The van der Waals surface area contributed by atoms with Crippen LogP contribution in [0, 0.1) is 46.3 Å². The fraction of sp³-hybridized carbons (Fsp3) is 0.917. The molecule has 0 saturated heterocycles. The molecule has 0 amide bonds. The summed E-state index contributed by atoms with van der Waals surface area (Å²) in [4.78, 5) is 49.3. The topological polar surface area (TPSA) is 127 Å². The van der Waals surface area contributed by atoms with Gasteiger partial charge in [-0.3, -0.25) is 19.2 Å². The third kappa shape index (κ3) is 18.2. The number of aliphatic carboxylic acids is 2. The molecule has 8 heteroatoms. The standard InChI is InChI=1S/2C24H44O4/c1-5-9-11-19(7-3)17-23(21(25)26)13-15-24(16-14-23,22(27)28)18-20(8-4)12-10-6-2;1-5-9-11-19(7-3)17-27-23(25)21-13-15-22(16-14-21)24(26)28-18-20(8-4)12-10-6-2/h19-20H,5-18H2,1-4H3,(H,25,26)(H,27,28);19-22H,5-18H2,1-4H3. The summed E-state index contributed by atoms with van der Waals surface area (Å²) in [6.07, 6.45) is 24.3. The Hall–Kier alpha value is -2.12. The molecule has 328 valence electrons. The first kappa shape index (κ1) is 51.9. The van der Waals surface area contributed by atoms with Crippen LogP contribution in [0.3, 0.4) is 0 Å². The summed E-state index contributed by atoms with van der Waals surface area (Å²) >= 11 is 0. The van der Waals surface area contributed by atoms with Crippen LogP contribution >= 0.6 is 0 Å². The third-order valence-corrected chi connectivity index (χ3v) is 13.9. The van der Waals surface area contributed by atoms with E-state index in [9.17, 15) is 29.4 Å². The summed E-state index contributed by atoms with van der Waals surface area (Å²) in [7, 11) is 0. The van der Waals surface area contributed by atoms with Crippen molar-refractivity contribution >= 4 is 23.9 Å². The number of esters is 2. The predicted molar refractivity (Wildman–Crippen MR) is 228 cm³/mol. The number of hydrogen-bond acceptors (Lipinski definition) is 6. The molecule has 2 fully saturated rings. The lowest BCUT2D eigenvalue weighted by Crippen LogP contribution is -2.45. The molecule has 0 spiro atoms. The molecule has 2 N–H and O–H groups in total. The van der Waals surface area contributed by atoms with Crippen LogP contribution < -0.4 is 0 Å². The monoisotopic (exact) mass is 793 g/mol. The smallest absolute Gasteiger partial charge is 0.309 e. The molecule has 4 atom stereocenters. The molecule has 4 unspecified atom stereocenters. The van der Waals surface area contributed by atoms with Gasteiger partial charge >= 0.3 is 23.9 Å². The average Bonchev–Trinajstić information content (AvgIpc) is 3.21. The Morgan fingerprint density at radius 3 is 0.982 bits per heavy atom. The van der Waals surface area contributed by atoms with Crippen molar-refractivity contribution in [3.05, 3.63) is 0 Å². The molecule has 0 bridgehead atoms. The van der Waals surface area contributed by atoms with Crippen molar-refractivity contribution in [2.75, 3.05) is 13.2 Å². The lowest BCUT2D eigenvalue weighted by molar-refractivity contribution is -0.163. The minimum atomic E-state index is -0.724. The van der Waals surface area contributed by atoms with Gasteiger partial charge < -0.3 is 19.7 Å². The molecular weight excluding hydrogens is 705 g/mol. The van der Waals surface area contributed by atoms with Crippen LogP contribution in [0.4, 0.5) is 0 Å². The number of ether oxygens (including phenoxy) is 2. The summed E-state index contributed by atoms with van der Waals surface area (Å²) in [5.74, 6) is 0.201. The summed E-state index contributed by atoms with van der Waals surface area (Å²) in [5, 5.41) is 20.1. The Kier molecular flexibility index (Phi) is 27.0. The number of rotatable bonds is 28. The Labute approximate surface area is 343 Å². The van der Waals surface area contributed by atoms with Gasteiger partial charge in [-0.25, -0.2) is 0 Å². The Bertz CT molecular complexity index is 987. The minimum Gasteiger partial charge on any atom is -0.481 e. The van der Waals surface area contributed by atoms with Gasteiger partial charge in [0.1, 0.15) is 0 Å². The van der Waals surface area contributed by atoms with E-state index in [1.807, 2.05) is 0 Å². The van der Waals surface area contributed by atoms with E-state index in [2.05, 4.69) is 55.4 Å². The highest BCUT2D eigenvalue weighted by Crippen LogP contribution is 2.52. The molecule has 2 rings (SSSR count). The van der Waals surface area contributed by atoms with Crippen LogP contribution in [0.25, 0.3) is 0 Å². The predicted octanol–water partition coefficient (Wildman–Crippen LogP) is 13.2. The van der Waals surface area contributed by atoms with Gasteiger partial charge in [0.05, 0.1) is 35.9 Å². The zero-order valence-electron chi connectivity index (χ0n) is 37.6. The van der Waals surface area contributed by atoms with E-state index in [0.29, 0.717) is 75.4 Å². The fourth-order valence-corrected chi connectivity index (χ4v) is 9.21. The molecule has 0 aliphatic heterocycles. The van der Waals surface area contributed by atoms with Crippen molar-refractivity contribution in [3.63, 3.8) is 0 Å². The SMILES string of the molecule is CCCCC(CC)CC1(C(=O)O)CCC(CC(CC)CCCC)(C(=O)O)CC1.CCCCC(CC)COC(=O)C1CCC(C(=O)OCC(CC)CCCC)CC1. The van der Waals surface area contributed by atoms with E-state index in [-0.39, 0.29) is 23.8 Å². The average molecular weight is 793 g/mol. The van der Waals surface area contributed by atoms with Gasteiger partial charge in [0.25, 0.3) is 0 Å².